The van der Waals surface area contributed by atoms with Gasteiger partial charge in [-0.05, 0) is 17.7 Å². The fourth-order valence-corrected chi connectivity index (χ4v) is 2.05. The van der Waals surface area contributed by atoms with Crippen LogP contribution in [0.15, 0.2) is 30.6 Å². The largest absolute Gasteiger partial charge is 0.310 e. The van der Waals surface area contributed by atoms with Crippen molar-refractivity contribution in [3.63, 3.8) is 0 Å². The van der Waals surface area contributed by atoms with Gasteiger partial charge in [0.2, 0.25) is 0 Å². The van der Waals surface area contributed by atoms with E-state index in [-0.39, 0.29) is 0 Å². The second-order valence-corrected chi connectivity index (χ2v) is 5.64. The Morgan fingerprint density at radius 1 is 1.21 bits per heavy atom. The van der Waals surface area contributed by atoms with Gasteiger partial charge < -0.3 is 5.32 Å². The summed E-state index contributed by atoms with van der Waals surface area (Å²) in [4.78, 5) is 0. The van der Waals surface area contributed by atoms with E-state index in [1.165, 1.54) is 5.56 Å². The first-order valence-electron chi connectivity index (χ1n) is 6.23. The van der Waals surface area contributed by atoms with Crippen LogP contribution in [0.5, 0.6) is 0 Å². The third kappa shape index (κ3) is 4.23. The third-order valence-electron chi connectivity index (χ3n) is 2.73. The Balaban J connectivity index is 2.01. The molecule has 0 aliphatic heterocycles. The zero-order valence-corrected chi connectivity index (χ0v) is 12.5. The first-order chi connectivity index (χ1) is 9.04. The molecule has 0 fully saturated rings. The van der Waals surface area contributed by atoms with Gasteiger partial charge in [-0.15, -0.1) is 0 Å². The summed E-state index contributed by atoms with van der Waals surface area (Å²) in [5.41, 5.74) is 2.26. The van der Waals surface area contributed by atoms with Crippen molar-refractivity contribution in [2.45, 2.75) is 33.0 Å². The predicted molar refractivity (Wildman–Crippen MR) is 79.8 cm³/mol. The zero-order valence-electron chi connectivity index (χ0n) is 11.0. The molecule has 19 heavy (non-hydrogen) atoms. The predicted octanol–water partition coefficient (Wildman–Crippen LogP) is 3.74. The summed E-state index contributed by atoms with van der Waals surface area (Å²) in [7, 11) is 0. The number of rotatable bonds is 5. The first-order valence-corrected chi connectivity index (χ1v) is 6.99. The summed E-state index contributed by atoms with van der Waals surface area (Å²) >= 11 is 11.9. The van der Waals surface area contributed by atoms with Crippen LogP contribution in [0.4, 0.5) is 0 Å². The van der Waals surface area contributed by atoms with Crippen LogP contribution < -0.4 is 5.32 Å². The summed E-state index contributed by atoms with van der Waals surface area (Å²) in [5.74, 6) is 0. The number of hydrogen-bond donors (Lipinski definition) is 1. The molecule has 0 saturated carbocycles. The van der Waals surface area contributed by atoms with Crippen molar-refractivity contribution in [2.24, 2.45) is 0 Å². The lowest BCUT2D eigenvalue weighted by Gasteiger charge is -2.05. The van der Waals surface area contributed by atoms with E-state index in [1.807, 2.05) is 35.3 Å². The molecule has 1 aromatic heterocycles. The van der Waals surface area contributed by atoms with Crippen LogP contribution >= 0.6 is 23.2 Å². The summed E-state index contributed by atoms with van der Waals surface area (Å²) < 4.78 is 1.90. The van der Waals surface area contributed by atoms with Gasteiger partial charge in [0.25, 0.3) is 0 Å². The lowest BCUT2D eigenvalue weighted by Crippen LogP contribution is -2.21. The summed E-state index contributed by atoms with van der Waals surface area (Å²) in [5, 5.41) is 8.86. The number of nitrogens with one attached hydrogen (secondary N) is 1. The normalized spacial score (nSPS) is 11.2. The molecule has 0 amide bonds. The number of nitrogens with zero attached hydrogens (tertiary/aromatic N) is 2. The minimum absolute atomic E-state index is 0.471. The Morgan fingerprint density at radius 2 is 2.00 bits per heavy atom. The number of hydrogen-bond acceptors (Lipinski definition) is 2. The lowest BCUT2D eigenvalue weighted by molar-refractivity contribution is 0.588. The van der Waals surface area contributed by atoms with Crippen molar-refractivity contribution in [1.29, 1.82) is 0 Å². The van der Waals surface area contributed by atoms with Crippen LogP contribution in [0.25, 0.3) is 0 Å². The minimum Gasteiger partial charge on any atom is -0.310 e. The molecule has 0 aliphatic rings. The lowest BCUT2D eigenvalue weighted by atomic mass is 10.2. The quantitative estimate of drug-likeness (QED) is 0.911. The van der Waals surface area contributed by atoms with E-state index in [4.69, 9.17) is 23.2 Å². The second kappa shape index (κ2) is 6.42. The van der Waals surface area contributed by atoms with Crippen molar-refractivity contribution in [2.75, 3.05) is 0 Å². The second-order valence-electron chi connectivity index (χ2n) is 4.83. The van der Waals surface area contributed by atoms with Crippen molar-refractivity contribution in [1.82, 2.24) is 15.1 Å². The van der Waals surface area contributed by atoms with Crippen LogP contribution in [0, 0.1) is 0 Å². The van der Waals surface area contributed by atoms with Crippen LogP contribution in [0.3, 0.4) is 0 Å². The molecule has 1 N–H and O–H groups in total. The molecule has 3 nitrogen and oxygen atoms in total. The molecular weight excluding hydrogens is 281 g/mol. The van der Waals surface area contributed by atoms with E-state index in [0.717, 1.165) is 12.1 Å². The third-order valence-corrected chi connectivity index (χ3v) is 3.47. The van der Waals surface area contributed by atoms with Gasteiger partial charge in [-0.1, -0.05) is 43.1 Å². The van der Waals surface area contributed by atoms with Gasteiger partial charge in [-0.25, -0.2) is 0 Å². The molecule has 0 saturated heterocycles. The van der Waals surface area contributed by atoms with Gasteiger partial charge in [0.1, 0.15) is 0 Å². The van der Waals surface area contributed by atoms with Crippen molar-refractivity contribution < 1.29 is 0 Å². The highest BCUT2D eigenvalue weighted by molar-refractivity contribution is 6.42. The highest BCUT2D eigenvalue weighted by Gasteiger charge is 2.03. The number of halogens is 2. The summed E-state index contributed by atoms with van der Waals surface area (Å²) in [6.45, 7) is 5.78. The molecule has 0 radical (unpaired) electrons. The monoisotopic (exact) mass is 297 g/mol. The number of aromatic nitrogens is 2. The van der Waals surface area contributed by atoms with E-state index >= 15 is 0 Å². The van der Waals surface area contributed by atoms with Crippen LogP contribution in [-0.2, 0) is 13.1 Å². The van der Waals surface area contributed by atoms with Crippen LogP contribution in [-0.4, -0.2) is 15.8 Å². The van der Waals surface area contributed by atoms with Crippen LogP contribution in [0.2, 0.25) is 10.0 Å². The van der Waals surface area contributed by atoms with E-state index in [1.54, 1.807) is 0 Å². The Morgan fingerprint density at radius 3 is 2.68 bits per heavy atom. The molecule has 1 aromatic carbocycles. The molecule has 5 heteroatoms. The average Bonchev–Trinajstić information content (AvgIpc) is 2.79. The van der Waals surface area contributed by atoms with E-state index in [2.05, 4.69) is 24.3 Å². The van der Waals surface area contributed by atoms with Gasteiger partial charge in [0, 0.05) is 24.3 Å². The smallest absolute Gasteiger partial charge is 0.0660 e. The maximum Gasteiger partial charge on any atom is 0.0660 e. The Labute approximate surface area is 123 Å². The average molecular weight is 298 g/mol. The van der Waals surface area contributed by atoms with Crippen molar-refractivity contribution in [3.05, 3.63) is 51.8 Å². The molecule has 102 valence electrons. The Bertz CT molecular complexity index is 549. The molecule has 0 aliphatic carbocycles. The highest BCUT2D eigenvalue weighted by atomic mass is 35.5. The SMILES string of the molecule is CC(C)NCc1cnn(Cc2ccc(Cl)c(Cl)c2)c1. The maximum atomic E-state index is 6.00. The van der Waals surface area contributed by atoms with E-state index in [9.17, 15) is 0 Å². The molecule has 0 spiro atoms. The zero-order chi connectivity index (χ0) is 13.8. The molecular formula is C14H17Cl2N3. The fourth-order valence-electron chi connectivity index (χ4n) is 1.73. The molecule has 0 atom stereocenters. The Kier molecular flexibility index (Phi) is 4.86. The standard InChI is InChI=1S/C14H17Cl2N3/c1-10(2)17-6-12-7-18-19(9-12)8-11-3-4-13(15)14(16)5-11/h3-5,7,9-10,17H,6,8H2,1-2H3. The van der Waals surface area contributed by atoms with E-state index < -0.39 is 0 Å². The Hall–Kier alpha value is -1.03. The number of benzene rings is 1. The molecule has 0 bridgehead atoms. The van der Waals surface area contributed by atoms with Gasteiger partial charge in [-0.2, -0.15) is 5.10 Å². The van der Waals surface area contributed by atoms with Crippen molar-refractivity contribution >= 4 is 23.2 Å². The van der Waals surface area contributed by atoms with Crippen LogP contribution in [0.1, 0.15) is 25.0 Å². The molecule has 1 heterocycles. The fraction of sp³-hybridized carbons (Fsp3) is 0.357. The highest BCUT2D eigenvalue weighted by Crippen LogP contribution is 2.22. The van der Waals surface area contributed by atoms with Gasteiger partial charge in [-0.3, -0.25) is 4.68 Å². The van der Waals surface area contributed by atoms with E-state index in [0.29, 0.717) is 22.6 Å². The van der Waals surface area contributed by atoms with Crippen molar-refractivity contribution in [3.8, 4) is 0 Å². The van der Waals surface area contributed by atoms with Gasteiger partial charge in [0.15, 0.2) is 0 Å². The maximum absolute atomic E-state index is 6.00. The minimum atomic E-state index is 0.471. The van der Waals surface area contributed by atoms with Gasteiger partial charge >= 0.3 is 0 Å². The molecule has 2 aromatic rings. The molecule has 0 unspecified atom stereocenters. The topological polar surface area (TPSA) is 29.9 Å². The first kappa shape index (κ1) is 14.4. The summed E-state index contributed by atoms with van der Waals surface area (Å²) in [6.07, 6.45) is 3.92. The summed E-state index contributed by atoms with van der Waals surface area (Å²) in [6, 6.07) is 6.11. The van der Waals surface area contributed by atoms with Gasteiger partial charge in [0.05, 0.1) is 22.8 Å². The molecule has 2 rings (SSSR count).